The Balaban J connectivity index is 2.14. The topological polar surface area (TPSA) is 108 Å². The standard InChI is InChI=1S/C16H19N3O4S/c1-2-17-14-4-3-5-15(11-14)24(22,23)19-13-8-6-12(7-9-13)10-16(20)18-21/h3-9,11,17,19,21H,2,10H2,1H3,(H,18,20). The molecule has 7 nitrogen and oxygen atoms in total. The SMILES string of the molecule is CCNc1cccc(S(=O)(=O)Nc2ccc(CC(=O)NO)cc2)c1. The quantitative estimate of drug-likeness (QED) is 0.451. The van der Waals surface area contributed by atoms with Crippen LogP contribution in [0.25, 0.3) is 0 Å². The van der Waals surface area contributed by atoms with Crippen LogP contribution in [0.1, 0.15) is 12.5 Å². The number of sulfonamides is 1. The molecular weight excluding hydrogens is 330 g/mol. The summed E-state index contributed by atoms with van der Waals surface area (Å²) >= 11 is 0. The van der Waals surface area contributed by atoms with Crippen LogP contribution in [0.3, 0.4) is 0 Å². The smallest absolute Gasteiger partial charge is 0.261 e. The lowest BCUT2D eigenvalue weighted by Gasteiger charge is -2.10. The van der Waals surface area contributed by atoms with Gasteiger partial charge in [0.1, 0.15) is 0 Å². The Hall–Kier alpha value is -2.58. The van der Waals surface area contributed by atoms with Gasteiger partial charge in [0.05, 0.1) is 11.3 Å². The highest BCUT2D eigenvalue weighted by atomic mass is 32.2. The van der Waals surface area contributed by atoms with E-state index in [0.29, 0.717) is 17.8 Å². The Bertz CT molecular complexity index is 804. The van der Waals surface area contributed by atoms with Crippen LogP contribution in [0.2, 0.25) is 0 Å². The number of anilines is 2. The minimum absolute atomic E-state index is 0.00820. The van der Waals surface area contributed by atoms with Gasteiger partial charge in [-0.05, 0) is 42.8 Å². The summed E-state index contributed by atoms with van der Waals surface area (Å²) in [6.07, 6.45) is 0.00820. The second-order valence-electron chi connectivity index (χ2n) is 5.07. The van der Waals surface area contributed by atoms with Crippen LogP contribution < -0.4 is 15.5 Å². The van der Waals surface area contributed by atoms with Crippen molar-refractivity contribution in [1.82, 2.24) is 5.48 Å². The van der Waals surface area contributed by atoms with E-state index in [1.807, 2.05) is 6.92 Å². The normalized spacial score (nSPS) is 10.9. The number of rotatable bonds is 7. The number of benzene rings is 2. The molecule has 1 amide bonds. The fraction of sp³-hybridized carbons (Fsp3) is 0.188. The van der Waals surface area contributed by atoms with Crippen LogP contribution in [0.4, 0.5) is 11.4 Å². The molecule has 0 fully saturated rings. The summed E-state index contributed by atoms with van der Waals surface area (Å²) < 4.78 is 27.4. The Morgan fingerprint density at radius 1 is 1.08 bits per heavy atom. The fourth-order valence-corrected chi connectivity index (χ4v) is 3.21. The van der Waals surface area contributed by atoms with Crippen molar-refractivity contribution in [2.24, 2.45) is 0 Å². The fourth-order valence-electron chi connectivity index (χ4n) is 2.11. The van der Waals surface area contributed by atoms with Crippen molar-refractivity contribution in [3.63, 3.8) is 0 Å². The monoisotopic (exact) mass is 349 g/mol. The van der Waals surface area contributed by atoms with E-state index in [2.05, 4.69) is 10.0 Å². The molecule has 0 radical (unpaired) electrons. The minimum atomic E-state index is -3.70. The first-order valence-corrected chi connectivity index (χ1v) is 8.81. The van der Waals surface area contributed by atoms with Crippen molar-refractivity contribution in [2.45, 2.75) is 18.2 Å². The molecule has 0 aromatic heterocycles. The maximum absolute atomic E-state index is 12.4. The van der Waals surface area contributed by atoms with Crippen LogP contribution in [0, 0.1) is 0 Å². The van der Waals surface area contributed by atoms with Crippen LogP contribution >= 0.6 is 0 Å². The molecule has 0 saturated carbocycles. The maximum Gasteiger partial charge on any atom is 0.261 e. The number of hydroxylamine groups is 1. The lowest BCUT2D eigenvalue weighted by atomic mass is 10.1. The number of amides is 1. The van der Waals surface area contributed by atoms with E-state index in [1.54, 1.807) is 47.9 Å². The second kappa shape index (κ2) is 7.80. The highest BCUT2D eigenvalue weighted by molar-refractivity contribution is 7.92. The predicted molar refractivity (Wildman–Crippen MR) is 91.5 cm³/mol. The van der Waals surface area contributed by atoms with E-state index in [4.69, 9.17) is 5.21 Å². The van der Waals surface area contributed by atoms with Gasteiger partial charge in [-0.15, -0.1) is 0 Å². The number of hydrogen-bond acceptors (Lipinski definition) is 5. The first-order chi connectivity index (χ1) is 11.4. The molecule has 2 aromatic carbocycles. The molecule has 4 N–H and O–H groups in total. The molecule has 0 aliphatic heterocycles. The lowest BCUT2D eigenvalue weighted by molar-refractivity contribution is -0.128. The third-order valence-electron chi connectivity index (χ3n) is 3.22. The molecule has 2 aromatic rings. The van der Waals surface area contributed by atoms with Gasteiger partial charge in [0.2, 0.25) is 5.91 Å². The van der Waals surface area contributed by atoms with Crippen LogP contribution in [0.15, 0.2) is 53.4 Å². The zero-order valence-electron chi connectivity index (χ0n) is 13.1. The van der Waals surface area contributed by atoms with E-state index in [-0.39, 0.29) is 11.3 Å². The zero-order valence-corrected chi connectivity index (χ0v) is 13.9. The number of carbonyl (C=O) groups is 1. The van der Waals surface area contributed by atoms with Crippen molar-refractivity contribution in [3.8, 4) is 0 Å². The number of hydrogen-bond donors (Lipinski definition) is 4. The molecule has 0 heterocycles. The van der Waals surface area contributed by atoms with Gasteiger partial charge in [-0.2, -0.15) is 0 Å². The number of nitrogens with one attached hydrogen (secondary N) is 3. The second-order valence-corrected chi connectivity index (χ2v) is 6.75. The molecule has 0 aliphatic carbocycles. The van der Waals surface area contributed by atoms with Crippen molar-refractivity contribution in [2.75, 3.05) is 16.6 Å². The van der Waals surface area contributed by atoms with Gasteiger partial charge in [0.15, 0.2) is 0 Å². The minimum Gasteiger partial charge on any atom is -0.385 e. The summed E-state index contributed by atoms with van der Waals surface area (Å²) in [6.45, 7) is 2.62. The molecule has 0 bridgehead atoms. The van der Waals surface area contributed by atoms with Crippen molar-refractivity contribution in [1.29, 1.82) is 0 Å². The highest BCUT2D eigenvalue weighted by Gasteiger charge is 2.14. The Morgan fingerprint density at radius 2 is 1.79 bits per heavy atom. The third kappa shape index (κ3) is 4.71. The Labute approximate surface area is 140 Å². The Morgan fingerprint density at radius 3 is 2.42 bits per heavy atom. The van der Waals surface area contributed by atoms with Gasteiger partial charge >= 0.3 is 0 Å². The summed E-state index contributed by atoms with van der Waals surface area (Å²) in [4.78, 5) is 11.2. The molecule has 128 valence electrons. The highest BCUT2D eigenvalue weighted by Crippen LogP contribution is 2.19. The van der Waals surface area contributed by atoms with Gasteiger partial charge in [0, 0.05) is 17.9 Å². The van der Waals surface area contributed by atoms with Crippen LogP contribution in [-0.4, -0.2) is 26.1 Å². The van der Waals surface area contributed by atoms with E-state index >= 15 is 0 Å². The average molecular weight is 349 g/mol. The van der Waals surface area contributed by atoms with Crippen molar-refractivity contribution >= 4 is 27.3 Å². The van der Waals surface area contributed by atoms with E-state index < -0.39 is 15.9 Å². The largest absolute Gasteiger partial charge is 0.385 e. The molecule has 0 saturated heterocycles. The predicted octanol–water partition coefficient (Wildman–Crippen LogP) is 1.97. The molecule has 0 atom stereocenters. The van der Waals surface area contributed by atoms with Gasteiger partial charge in [-0.3, -0.25) is 14.7 Å². The molecule has 8 heteroatoms. The first-order valence-electron chi connectivity index (χ1n) is 7.33. The van der Waals surface area contributed by atoms with Gasteiger partial charge < -0.3 is 5.32 Å². The summed E-state index contributed by atoms with van der Waals surface area (Å²) in [7, 11) is -3.70. The van der Waals surface area contributed by atoms with E-state index in [9.17, 15) is 13.2 Å². The summed E-state index contributed by atoms with van der Waals surface area (Å²) in [6, 6.07) is 12.9. The molecule has 24 heavy (non-hydrogen) atoms. The van der Waals surface area contributed by atoms with Gasteiger partial charge in [-0.1, -0.05) is 18.2 Å². The Kier molecular flexibility index (Phi) is 5.78. The van der Waals surface area contributed by atoms with Crippen LogP contribution in [0.5, 0.6) is 0 Å². The first kappa shape index (κ1) is 17.8. The van der Waals surface area contributed by atoms with Gasteiger partial charge in [-0.25, -0.2) is 13.9 Å². The number of carbonyl (C=O) groups excluding carboxylic acids is 1. The summed E-state index contributed by atoms with van der Waals surface area (Å²) in [5.74, 6) is -0.538. The van der Waals surface area contributed by atoms with Crippen LogP contribution in [-0.2, 0) is 21.2 Å². The van der Waals surface area contributed by atoms with E-state index in [0.717, 1.165) is 5.69 Å². The van der Waals surface area contributed by atoms with Crippen molar-refractivity contribution in [3.05, 3.63) is 54.1 Å². The third-order valence-corrected chi connectivity index (χ3v) is 4.60. The molecule has 0 spiro atoms. The van der Waals surface area contributed by atoms with Crippen molar-refractivity contribution < 1.29 is 18.4 Å². The summed E-state index contributed by atoms with van der Waals surface area (Å²) in [5, 5.41) is 11.6. The maximum atomic E-state index is 12.4. The van der Waals surface area contributed by atoms with E-state index in [1.165, 1.54) is 6.07 Å². The molecule has 0 aliphatic rings. The molecular formula is C16H19N3O4S. The summed E-state index contributed by atoms with van der Waals surface area (Å²) in [5.41, 5.74) is 3.31. The van der Waals surface area contributed by atoms with Gasteiger partial charge in [0.25, 0.3) is 10.0 Å². The lowest BCUT2D eigenvalue weighted by Crippen LogP contribution is -2.20. The molecule has 2 rings (SSSR count). The zero-order chi connectivity index (χ0) is 17.6. The average Bonchev–Trinajstić information content (AvgIpc) is 2.57. The molecule has 0 unspecified atom stereocenters.